The summed E-state index contributed by atoms with van der Waals surface area (Å²) in [5, 5.41) is 4.06. The van der Waals surface area contributed by atoms with Crippen molar-refractivity contribution in [1.82, 2.24) is 9.88 Å². The third-order valence-electron chi connectivity index (χ3n) is 6.57. The number of rotatable bonds is 5. The standard InChI is InChI=1S/C28H27N3O3/c1-34-23-11-12-26-24(17-23)25(18-29-26)19-13-15-31(16-14-19)28(33)21-7-9-22(10-8-21)30-27(32)20-5-3-2-4-6-20/h2-12,17-19,29H,13-16H2,1H3,(H,30,32). The second-order valence-electron chi connectivity index (χ2n) is 8.62. The van der Waals surface area contributed by atoms with Crippen molar-refractivity contribution < 1.29 is 14.3 Å². The Morgan fingerprint density at radius 2 is 1.68 bits per heavy atom. The topological polar surface area (TPSA) is 74.4 Å². The molecule has 172 valence electrons. The lowest BCUT2D eigenvalue weighted by Crippen LogP contribution is -2.37. The predicted octanol–water partition coefficient (Wildman–Crippen LogP) is 5.45. The molecule has 2 heterocycles. The highest BCUT2D eigenvalue weighted by Gasteiger charge is 2.26. The number of aromatic amines is 1. The molecular formula is C28H27N3O3. The van der Waals surface area contributed by atoms with Gasteiger partial charge in [-0.25, -0.2) is 0 Å². The smallest absolute Gasteiger partial charge is 0.255 e. The number of hydrogen-bond donors (Lipinski definition) is 2. The summed E-state index contributed by atoms with van der Waals surface area (Å²) in [5.41, 5.74) is 4.29. The molecule has 0 bridgehead atoms. The number of benzene rings is 3. The highest BCUT2D eigenvalue weighted by atomic mass is 16.5. The number of nitrogens with one attached hydrogen (secondary N) is 2. The Hall–Kier alpha value is -4.06. The Bertz CT molecular complexity index is 1300. The summed E-state index contributed by atoms with van der Waals surface area (Å²) in [7, 11) is 1.68. The summed E-state index contributed by atoms with van der Waals surface area (Å²) in [5.74, 6) is 1.11. The number of ether oxygens (including phenoxy) is 1. The number of carbonyl (C=O) groups is 2. The molecule has 0 unspecified atom stereocenters. The minimum absolute atomic E-state index is 0.0278. The number of carbonyl (C=O) groups excluding carboxylic acids is 2. The van der Waals surface area contributed by atoms with Crippen LogP contribution in [0.15, 0.2) is 79.0 Å². The van der Waals surface area contributed by atoms with E-state index in [1.165, 1.54) is 10.9 Å². The highest BCUT2D eigenvalue weighted by molar-refractivity contribution is 6.04. The van der Waals surface area contributed by atoms with Crippen molar-refractivity contribution in [1.29, 1.82) is 0 Å². The van der Waals surface area contributed by atoms with E-state index in [-0.39, 0.29) is 11.8 Å². The molecule has 6 heteroatoms. The van der Waals surface area contributed by atoms with Gasteiger partial charge in [0.15, 0.2) is 0 Å². The molecule has 34 heavy (non-hydrogen) atoms. The van der Waals surface area contributed by atoms with Gasteiger partial charge in [0.25, 0.3) is 11.8 Å². The molecule has 0 spiro atoms. The molecule has 6 nitrogen and oxygen atoms in total. The fourth-order valence-corrected chi connectivity index (χ4v) is 4.65. The van der Waals surface area contributed by atoms with Gasteiger partial charge in [0, 0.05) is 47.0 Å². The number of anilines is 1. The maximum atomic E-state index is 13.1. The van der Waals surface area contributed by atoms with Crippen LogP contribution in [0.25, 0.3) is 10.9 Å². The maximum absolute atomic E-state index is 13.1. The zero-order valence-electron chi connectivity index (χ0n) is 19.1. The van der Waals surface area contributed by atoms with Gasteiger partial charge >= 0.3 is 0 Å². The van der Waals surface area contributed by atoms with Crippen LogP contribution in [0.4, 0.5) is 5.69 Å². The van der Waals surface area contributed by atoms with Gasteiger partial charge in [0.1, 0.15) is 5.75 Å². The van der Waals surface area contributed by atoms with Crippen LogP contribution in [0.1, 0.15) is 45.0 Å². The van der Waals surface area contributed by atoms with Crippen LogP contribution in [0.5, 0.6) is 5.75 Å². The van der Waals surface area contributed by atoms with E-state index in [0.29, 0.717) is 35.8 Å². The van der Waals surface area contributed by atoms with E-state index in [4.69, 9.17) is 4.74 Å². The molecule has 4 aromatic rings. The number of methoxy groups -OCH3 is 1. The summed E-state index contributed by atoms with van der Waals surface area (Å²) in [6.07, 6.45) is 3.93. The lowest BCUT2D eigenvalue weighted by atomic mass is 9.89. The van der Waals surface area contributed by atoms with Crippen molar-refractivity contribution in [3.05, 3.63) is 95.7 Å². The molecule has 1 aliphatic rings. The quantitative estimate of drug-likeness (QED) is 0.422. The maximum Gasteiger partial charge on any atom is 0.255 e. The Morgan fingerprint density at radius 3 is 2.38 bits per heavy atom. The molecule has 1 aliphatic heterocycles. The molecular weight excluding hydrogens is 426 g/mol. The summed E-state index contributed by atoms with van der Waals surface area (Å²) in [4.78, 5) is 30.7. The van der Waals surface area contributed by atoms with Gasteiger partial charge in [-0.15, -0.1) is 0 Å². The molecule has 0 aliphatic carbocycles. The summed E-state index contributed by atoms with van der Waals surface area (Å²) < 4.78 is 5.39. The van der Waals surface area contributed by atoms with E-state index in [1.807, 2.05) is 35.2 Å². The van der Waals surface area contributed by atoms with Gasteiger partial charge in [0.2, 0.25) is 0 Å². The number of likely N-dealkylation sites (tertiary alicyclic amines) is 1. The molecule has 2 amide bonds. The second-order valence-corrected chi connectivity index (χ2v) is 8.62. The van der Waals surface area contributed by atoms with E-state index >= 15 is 0 Å². The Morgan fingerprint density at radius 1 is 0.941 bits per heavy atom. The van der Waals surface area contributed by atoms with Crippen LogP contribution >= 0.6 is 0 Å². The Labute approximate surface area is 198 Å². The van der Waals surface area contributed by atoms with Crippen molar-refractivity contribution in [3.8, 4) is 5.75 Å². The van der Waals surface area contributed by atoms with Gasteiger partial charge in [0.05, 0.1) is 7.11 Å². The zero-order valence-corrected chi connectivity index (χ0v) is 19.1. The van der Waals surface area contributed by atoms with Crippen molar-refractivity contribution in [2.45, 2.75) is 18.8 Å². The number of aromatic nitrogens is 1. The average molecular weight is 454 g/mol. The minimum atomic E-state index is -0.170. The number of fused-ring (bicyclic) bond motifs is 1. The summed E-state index contributed by atoms with van der Waals surface area (Å²) >= 11 is 0. The molecule has 0 atom stereocenters. The summed E-state index contributed by atoms with van der Waals surface area (Å²) in [6, 6.07) is 22.3. The van der Waals surface area contributed by atoms with Gasteiger partial charge < -0.3 is 19.9 Å². The van der Waals surface area contributed by atoms with Gasteiger partial charge in [-0.1, -0.05) is 18.2 Å². The van der Waals surface area contributed by atoms with Gasteiger partial charge in [-0.05, 0) is 78.9 Å². The van der Waals surface area contributed by atoms with E-state index in [0.717, 1.165) is 24.1 Å². The molecule has 2 N–H and O–H groups in total. The van der Waals surface area contributed by atoms with Crippen LogP contribution in [0, 0.1) is 0 Å². The lowest BCUT2D eigenvalue weighted by molar-refractivity contribution is 0.0713. The molecule has 1 aromatic heterocycles. The van der Waals surface area contributed by atoms with Crippen molar-refractivity contribution in [3.63, 3.8) is 0 Å². The Balaban J connectivity index is 1.21. The SMILES string of the molecule is COc1ccc2[nH]cc(C3CCN(C(=O)c4ccc(NC(=O)c5ccccc5)cc4)CC3)c2c1. The zero-order chi connectivity index (χ0) is 23.5. The molecule has 0 saturated carbocycles. The van der Waals surface area contributed by atoms with Crippen LogP contribution in [0.2, 0.25) is 0 Å². The first-order valence-electron chi connectivity index (χ1n) is 11.5. The predicted molar refractivity (Wildman–Crippen MR) is 134 cm³/mol. The third-order valence-corrected chi connectivity index (χ3v) is 6.57. The number of hydrogen-bond acceptors (Lipinski definition) is 3. The fourth-order valence-electron chi connectivity index (χ4n) is 4.65. The van der Waals surface area contributed by atoms with Gasteiger partial charge in [-0.2, -0.15) is 0 Å². The lowest BCUT2D eigenvalue weighted by Gasteiger charge is -2.32. The first-order valence-corrected chi connectivity index (χ1v) is 11.5. The minimum Gasteiger partial charge on any atom is -0.497 e. The Kier molecular flexibility index (Phi) is 6.04. The number of amides is 2. The second kappa shape index (κ2) is 9.43. The largest absolute Gasteiger partial charge is 0.497 e. The van der Waals surface area contributed by atoms with E-state index in [9.17, 15) is 9.59 Å². The first kappa shape index (κ1) is 21.8. The number of nitrogens with zero attached hydrogens (tertiary/aromatic N) is 1. The normalized spacial score (nSPS) is 14.2. The van der Waals surface area contributed by atoms with Crippen LogP contribution in [-0.4, -0.2) is 41.9 Å². The fraction of sp³-hybridized carbons (Fsp3) is 0.214. The summed E-state index contributed by atoms with van der Waals surface area (Å²) in [6.45, 7) is 1.43. The van der Waals surface area contributed by atoms with Crippen LogP contribution in [-0.2, 0) is 0 Å². The van der Waals surface area contributed by atoms with Crippen LogP contribution in [0.3, 0.4) is 0 Å². The number of piperidine rings is 1. The third kappa shape index (κ3) is 4.39. The van der Waals surface area contributed by atoms with E-state index in [2.05, 4.69) is 22.6 Å². The molecule has 1 saturated heterocycles. The van der Waals surface area contributed by atoms with Gasteiger partial charge in [-0.3, -0.25) is 9.59 Å². The van der Waals surface area contributed by atoms with E-state index in [1.54, 1.807) is 43.5 Å². The molecule has 5 rings (SSSR count). The highest BCUT2D eigenvalue weighted by Crippen LogP contribution is 2.35. The van der Waals surface area contributed by atoms with E-state index < -0.39 is 0 Å². The van der Waals surface area contributed by atoms with Crippen molar-refractivity contribution in [2.75, 3.05) is 25.5 Å². The van der Waals surface area contributed by atoms with Crippen molar-refractivity contribution >= 4 is 28.4 Å². The van der Waals surface area contributed by atoms with Crippen LogP contribution < -0.4 is 10.1 Å². The average Bonchev–Trinajstić information content (AvgIpc) is 3.32. The number of H-pyrrole nitrogens is 1. The molecule has 3 aromatic carbocycles. The molecule has 1 fully saturated rings. The van der Waals surface area contributed by atoms with Crippen molar-refractivity contribution in [2.24, 2.45) is 0 Å². The monoisotopic (exact) mass is 453 g/mol. The first-order chi connectivity index (χ1) is 16.6. The molecule has 0 radical (unpaired) electrons.